The lowest BCUT2D eigenvalue weighted by atomic mass is 9.99. The maximum absolute atomic E-state index is 7.41. The quantitative estimate of drug-likeness (QED) is 0.628. The van der Waals surface area contributed by atoms with Crippen LogP contribution in [-0.4, -0.2) is 23.9 Å². The SMILES string of the molecule is [2H]C[C@H]1O[C@@H](C)C(C)[C@H]1OC(C)(C)C. The summed E-state index contributed by atoms with van der Waals surface area (Å²) >= 11 is 0. The molecule has 0 aromatic carbocycles. The molecule has 0 saturated carbocycles. The van der Waals surface area contributed by atoms with Crippen LogP contribution < -0.4 is 0 Å². The van der Waals surface area contributed by atoms with Crippen molar-refractivity contribution < 1.29 is 10.8 Å². The molecule has 1 unspecified atom stereocenters. The largest absolute Gasteiger partial charge is 0.372 e. The van der Waals surface area contributed by atoms with Crippen molar-refractivity contribution in [3.8, 4) is 0 Å². The van der Waals surface area contributed by atoms with Gasteiger partial charge in [0.1, 0.15) is 0 Å². The molecule has 0 spiro atoms. The number of ether oxygens (including phenoxy) is 2. The maximum Gasteiger partial charge on any atom is 0.0891 e. The molecule has 2 heteroatoms. The highest BCUT2D eigenvalue weighted by molar-refractivity contribution is 4.86. The molecule has 4 atom stereocenters. The van der Waals surface area contributed by atoms with Crippen LogP contribution in [0.1, 0.15) is 42.9 Å². The van der Waals surface area contributed by atoms with E-state index in [-0.39, 0.29) is 30.8 Å². The van der Waals surface area contributed by atoms with Crippen LogP contribution in [0, 0.1) is 5.92 Å². The monoisotopic (exact) mass is 187 g/mol. The van der Waals surface area contributed by atoms with Gasteiger partial charge in [0.05, 0.1) is 23.9 Å². The number of hydrogen-bond donors (Lipinski definition) is 0. The Hall–Kier alpha value is -0.0800. The highest BCUT2D eigenvalue weighted by Gasteiger charge is 2.39. The minimum Gasteiger partial charge on any atom is -0.372 e. The van der Waals surface area contributed by atoms with Gasteiger partial charge in [0.25, 0.3) is 0 Å². The van der Waals surface area contributed by atoms with Crippen molar-refractivity contribution in [2.45, 2.75) is 65.4 Å². The maximum atomic E-state index is 7.41. The molecule has 1 aliphatic heterocycles. The average molecular weight is 187 g/mol. The first-order valence-electron chi connectivity index (χ1n) is 5.68. The summed E-state index contributed by atoms with van der Waals surface area (Å²) in [5, 5.41) is 0. The summed E-state index contributed by atoms with van der Waals surface area (Å²) in [5.74, 6) is 0.379. The van der Waals surface area contributed by atoms with Crippen LogP contribution in [0.4, 0.5) is 0 Å². The first-order valence-corrected chi connectivity index (χ1v) is 4.97. The summed E-state index contributed by atoms with van der Waals surface area (Å²) in [6, 6.07) is 0. The third-order valence-corrected chi connectivity index (χ3v) is 2.50. The van der Waals surface area contributed by atoms with E-state index >= 15 is 0 Å². The molecule has 78 valence electrons. The fourth-order valence-electron chi connectivity index (χ4n) is 1.67. The molecule has 1 heterocycles. The minimum absolute atomic E-state index is 0.0563. The molecular formula is C11H22O2. The van der Waals surface area contributed by atoms with Gasteiger partial charge in [-0.1, -0.05) is 6.92 Å². The van der Waals surface area contributed by atoms with E-state index in [0.717, 1.165) is 0 Å². The van der Waals surface area contributed by atoms with Crippen LogP contribution in [0.2, 0.25) is 0 Å². The highest BCUT2D eigenvalue weighted by Crippen LogP contribution is 2.31. The van der Waals surface area contributed by atoms with Gasteiger partial charge in [0.15, 0.2) is 0 Å². The van der Waals surface area contributed by atoms with Crippen molar-refractivity contribution in [3.63, 3.8) is 0 Å². The van der Waals surface area contributed by atoms with Crippen molar-refractivity contribution in [2.75, 3.05) is 0 Å². The third kappa shape index (κ3) is 2.68. The van der Waals surface area contributed by atoms with Gasteiger partial charge in [0, 0.05) is 7.29 Å². The van der Waals surface area contributed by atoms with Crippen molar-refractivity contribution in [1.29, 1.82) is 0 Å². The Morgan fingerprint density at radius 3 is 2.31 bits per heavy atom. The van der Waals surface area contributed by atoms with Crippen LogP contribution in [-0.2, 0) is 9.47 Å². The predicted molar refractivity (Wildman–Crippen MR) is 53.8 cm³/mol. The molecule has 0 amide bonds. The van der Waals surface area contributed by atoms with E-state index in [1.165, 1.54) is 0 Å². The Labute approximate surface area is 83.0 Å². The summed E-state index contributed by atoms with van der Waals surface area (Å²) in [6.45, 7) is 10.6. The molecule has 1 fully saturated rings. The Balaban J connectivity index is 2.64. The standard InChI is InChI=1S/C11H22O2/c1-7-8(2)12-9(3)10(7)13-11(4,5)6/h7-10H,1-6H3/t7?,8-,9+,10+/m0/s1/i3D. The smallest absolute Gasteiger partial charge is 0.0891 e. The van der Waals surface area contributed by atoms with Crippen molar-refractivity contribution in [1.82, 2.24) is 0 Å². The van der Waals surface area contributed by atoms with Crippen LogP contribution in [0.25, 0.3) is 0 Å². The van der Waals surface area contributed by atoms with E-state index in [9.17, 15) is 0 Å². The summed E-state index contributed by atoms with van der Waals surface area (Å²) in [4.78, 5) is 0. The molecule has 0 aromatic rings. The topological polar surface area (TPSA) is 18.5 Å². The van der Waals surface area contributed by atoms with Crippen LogP contribution >= 0.6 is 0 Å². The second-order valence-corrected chi connectivity index (χ2v) is 4.93. The number of hydrogen-bond acceptors (Lipinski definition) is 2. The fraction of sp³-hybridized carbons (Fsp3) is 1.00. The van der Waals surface area contributed by atoms with Gasteiger partial charge in [-0.2, -0.15) is 0 Å². The molecule has 0 N–H and O–H groups in total. The molecule has 1 aliphatic rings. The fourth-order valence-corrected chi connectivity index (χ4v) is 1.67. The van der Waals surface area contributed by atoms with Gasteiger partial charge < -0.3 is 9.47 Å². The number of rotatable bonds is 1. The summed E-state index contributed by atoms with van der Waals surface area (Å²) in [7, 11) is 0. The Kier molecular flexibility index (Phi) is 2.61. The minimum atomic E-state index is -0.153. The molecule has 2 nitrogen and oxygen atoms in total. The van der Waals surface area contributed by atoms with E-state index in [1.807, 2.05) is 20.8 Å². The Morgan fingerprint density at radius 1 is 1.23 bits per heavy atom. The first-order chi connectivity index (χ1) is 6.35. The van der Waals surface area contributed by atoms with Gasteiger partial charge >= 0.3 is 0 Å². The zero-order valence-corrected chi connectivity index (χ0v) is 9.33. The first kappa shape index (κ1) is 9.47. The van der Waals surface area contributed by atoms with Crippen molar-refractivity contribution in [3.05, 3.63) is 0 Å². The van der Waals surface area contributed by atoms with E-state index in [0.29, 0.717) is 5.92 Å². The molecule has 0 radical (unpaired) electrons. The zero-order chi connectivity index (χ0) is 10.9. The van der Waals surface area contributed by atoms with Gasteiger partial charge in [-0.15, -0.1) is 0 Å². The van der Waals surface area contributed by atoms with E-state index in [4.69, 9.17) is 10.8 Å². The summed E-state index contributed by atoms with van der Waals surface area (Å²) in [6.07, 6.45) is 0.222. The van der Waals surface area contributed by atoms with E-state index < -0.39 is 0 Å². The van der Waals surface area contributed by atoms with Gasteiger partial charge in [-0.05, 0) is 34.6 Å². The van der Waals surface area contributed by atoms with Gasteiger partial charge in [-0.3, -0.25) is 0 Å². The van der Waals surface area contributed by atoms with Gasteiger partial charge in [0.2, 0.25) is 0 Å². The third-order valence-electron chi connectivity index (χ3n) is 2.50. The molecular weight excluding hydrogens is 164 g/mol. The molecule has 1 saturated heterocycles. The van der Waals surface area contributed by atoms with Crippen molar-refractivity contribution >= 4 is 0 Å². The van der Waals surface area contributed by atoms with Gasteiger partial charge in [-0.25, -0.2) is 0 Å². The molecule has 0 aliphatic carbocycles. The van der Waals surface area contributed by atoms with E-state index in [2.05, 4.69) is 13.8 Å². The lowest BCUT2D eigenvalue weighted by molar-refractivity contribution is -0.0929. The van der Waals surface area contributed by atoms with E-state index in [1.54, 1.807) is 0 Å². The molecule has 0 aromatic heterocycles. The second kappa shape index (κ2) is 3.58. The average Bonchev–Trinajstić information content (AvgIpc) is 2.30. The zero-order valence-electron chi connectivity index (χ0n) is 10.3. The molecule has 0 bridgehead atoms. The summed E-state index contributed by atoms with van der Waals surface area (Å²) < 4.78 is 19.0. The second-order valence-electron chi connectivity index (χ2n) is 4.93. The summed E-state index contributed by atoms with van der Waals surface area (Å²) in [5.41, 5.74) is -0.153. The highest BCUT2D eigenvalue weighted by atomic mass is 16.6. The predicted octanol–water partition coefficient (Wildman–Crippen LogP) is 2.61. The lowest BCUT2D eigenvalue weighted by Gasteiger charge is -2.28. The van der Waals surface area contributed by atoms with Crippen LogP contribution in [0.5, 0.6) is 0 Å². The Bertz CT molecular complexity index is 188. The Morgan fingerprint density at radius 2 is 1.85 bits per heavy atom. The molecule has 1 rings (SSSR count). The molecule has 13 heavy (non-hydrogen) atoms. The van der Waals surface area contributed by atoms with Crippen LogP contribution in [0.3, 0.4) is 0 Å². The van der Waals surface area contributed by atoms with Crippen molar-refractivity contribution in [2.24, 2.45) is 5.92 Å². The normalized spacial score (nSPS) is 42.1. The van der Waals surface area contributed by atoms with Crippen LogP contribution in [0.15, 0.2) is 0 Å². The lowest BCUT2D eigenvalue weighted by Crippen LogP contribution is -2.35.